The highest BCUT2D eigenvalue weighted by Gasteiger charge is 2.37. The zero-order valence-corrected chi connectivity index (χ0v) is 18.5. The summed E-state index contributed by atoms with van der Waals surface area (Å²) >= 11 is 0. The molecule has 0 radical (unpaired) electrons. The first kappa shape index (κ1) is 22.7. The maximum Gasteiger partial charge on any atom is 0.335 e. The zero-order valence-electron chi connectivity index (χ0n) is 18.5. The number of nitrogens with one attached hydrogen (secondary N) is 1. The van der Waals surface area contributed by atoms with Crippen molar-refractivity contribution in [2.45, 2.75) is 13.5 Å². The molecule has 0 unspecified atom stereocenters. The Balaban J connectivity index is 1.59. The Labute approximate surface area is 195 Å². The Morgan fingerprint density at radius 2 is 1.74 bits per heavy atom. The van der Waals surface area contributed by atoms with Crippen molar-refractivity contribution in [2.24, 2.45) is 0 Å². The van der Waals surface area contributed by atoms with E-state index < -0.39 is 23.7 Å². The van der Waals surface area contributed by atoms with Crippen LogP contribution in [0.4, 0.5) is 14.9 Å². The van der Waals surface area contributed by atoms with Gasteiger partial charge in [-0.1, -0.05) is 42.0 Å². The number of ether oxygens (including phenoxy) is 2. The number of carbonyl (C=O) groups excluding carboxylic acids is 3. The van der Waals surface area contributed by atoms with E-state index in [1.54, 1.807) is 18.2 Å². The molecule has 7 nitrogen and oxygen atoms in total. The van der Waals surface area contributed by atoms with Gasteiger partial charge in [0, 0.05) is 0 Å². The minimum atomic E-state index is -0.949. The van der Waals surface area contributed by atoms with Crippen molar-refractivity contribution < 1.29 is 28.2 Å². The van der Waals surface area contributed by atoms with Crippen molar-refractivity contribution in [3.05, 3.63) is 94.8 Å². The number of benzene rings is 3. The Hall–Kier alpha value is -4.46. The van der Waals surface area contributed by atoms with E-state index in [1.165, 1.54) is 31.4 Å². The molecule has 0 aromatic heterocycles. The maximum atomic E-state index is 13.6. The van der Waals surface area contributed by atoms with Gasteiger partial charge in [0.05, 0.1) is 12.8 Å². The van der Waals surface area contributed by atoms with Crippen molar-refractivity contribution in [2.75, 3.05) is 12.0 Å². The molecule has 1 fully saturated rings. The van der Waals surface area contributed by atoms with Crippen molar-refractivity contribution in [3.63, 3.8) is 0 Å². The molecular formula is C26H21FN2O5. The van der Waals surface area contributed by atoms with Crippen LogP contribution in [0, 0.1) is 12.7 Å². The van der Waals surface area contributed by atoms with Crippen molar-refractivity contribution in [1.82, 2.24) is 5.32 Å². The van der Waals surface area contributed by atoms with Gasteiger partial charge in [-0.25, -0.2) is 14.1 Å². The molecule has 34 heavy (non-hydrogen) atoms. The number of aryl methyl sites for hydroxylation is 1. The Morgan fingerprint density at radius 3 is 2.44 bits per heavy atom. The molecule has 4 amide bonds. The van der Waals surface area contributed by atoms with E-state index >= 15 is 0 Å². The minimum absolute atomic E-state index is 0.0123. The van der Waals surface area contributed by atoms with Gasteiger partial charge in [-0.15, -0.1) is 0 Å². The van der Waals surface area contributed by atoms with Gasteiger partial charge >= 0.3 is 6.03 Å². The number of imide groups is 2. The van der Waals surface area contributed by atoms with E-state index in [0.717, 1.165) is 17.2 Å². The number of methoxy groups -OCH3 is 1. The number of hydrogen-bond acceptors (Lipinski definition) is 5. The standard InChI is InChI=1S/C26H21FN2O5/c1-16-6-8-17(9-7-16)15-34-22-11-10-18(13-23(22)33-2)12-21-24(30)28-26(32)29(25(21)31)20-5-3-4-19(27)14-20/h3-14H,15H2,1-2H3,(H,28,30,32)/b21-12+. The highest BCUT2D eigenvalue weighted by Crippen LogP contribution is 2.30. The van der Waals surface area contributed by atoms with Crippen LogP contribution in [0.3, 0.4) is 0 Å². The van der Waals surface area contributed by atoms with E-state index in [0.29, 0.717) is 28.6 Å². The van der Waals surface area contributed by atoms with Gasteiger partial charge in [0.1, 0.15) is 18.0 Å². The minimum Gasteiger partial charge on any atom is -0.493 e. The lowest BCUT2D eigenvalue weighted by Gasteiger charge is -2.26. The molecule has 1 aliphatic rings. The Morgan fingerprint density at radius 1 is 0.971 bits per heavy atom. The molecule has 0 bridgehead atoms. The average molecular weight is 460 g/mol. The summed E-state index contributed by atoms with van der Waals surface area (Å²) in [6.07, 6.45) is 1.34. The zero-order chi connectivity index (χ0) is 24.2. The third-order valence-corrected chi connectivity index (χ3v) is 5.18. The fraction of sp³-hybridized carbons (Fsp3) is 0.115. The summed E-state index contributed by atoms with van der Waals surface area (Å²) in [4.78, 5) is 38.3. The number of halogens is 1. The number of anilines is 1. The lowest BCUT2D eigenvalue weighted by atomic mass is 10.1. The molecule has 0 atom stereocenters. The molecule has 1 N–H and O–H groups in total. The fourth-order valence-electron chi connectivity index (χ4n) is 3.41. The SMILES string of the molecule is COc1cc(/C=C2\C(=O)NC(=O)N(c3cccc(F)c3)C2=O)ccc1OCc1ccc(C)cc1. The molecular weight excluding hydrogens is 439 g/mol. The predicted octanol–water partition coefficient (Wildman–Crippen LogP) is 4.39. The Kier molecular flexibility index (Phi) is 6.40. The van der Waals surface area contributed by atoms with Crippen molar-refractivity contribution in [3.8, 4) is 11.5 Å². The largest absolute Gasteiger partial charge is 0.493 e. The molecule has 8 heteroatoms. The summed E-state index contributed by atoms with van der Waals surface area (Å²) < 4.78 is 24.9. The third kappa shape index (κ3) is 4.80. The summed E-state index contributed by atoms with van der Waals surface area (Å²) in [5.74, 6) is -1.43. The fourth-order valence-corrected chi connectivity index (χ4v) is 3.41. The maximum absolute atomic E-state index is 13.6. The van der Waals surface area contributed by atoms with Crippen LogP contribution in [-0.2, 0) is 16.2 Å². The number of carbonyl (C=O) groups is 3. The average Bonchev–Trinajstić information content (AvgIpc) is 2.81. The van der Waals surface area contributed by atoms with E-state index in [4.69, 9.17) is 9.47 Å². The van der Waals surface area contributed by atoms with Crippen LogP contribution in [0.5, 0.6) is 11.5 Å². The molecule has 3 aromatic carbocycles. The smallest absolute Gasteiger partial charge is 0.335 e. The second-order valence-corrected chi connectivity index (χ2v) is 7.62. The van der Waals surface area contributed by atoms with Crippen LogP contribution in [-0.4, -0.2) is 25.0 Å². The number of barbiturate groups is 1. The molecule has 1 aliphatic heterocycles. The van der Waals surface area contributed by atoms with Gasteiger partial charge < -0.3 is 9.47 Å². The molecule has 0 spiro atoms. The summed E-state index contributed by atoms with van der Waals surface area (Å²) in [6, 6.07) is 16.9. The van der Waals surface area contributed by atoms with Crippen LogP contribution in [0.1, 0.15) is 16.7 Å². The molecule has 172 valence electrons. The van der Waals surface area contributed by atoms with Gasteiger partial charge in [0.25, 0.3) is 11.8 Å². The van der Waals surface area contributed by atoms with Crippen LogP contribution >= 0.6 is 0 Å². The van der Waals surface area contributed by atoms with Gasteiger partial charge in [-0.3, -0.25) is 14.9 Å². The molecule has 0 aliphatic carbocycles. The van der Waals surface area contributed by atoms with E-state index in [-0.39, 0.29) is 11.3 Å². The van der Waals surface area contributed by atoms with Gasteiger partial charge in [0.2, 0.25) is 0 Å². The molecule has 1 heterocycles. The molecule has 3 aromatic rings. The van der Waals surface area contributed by atoms with Crippen molar-refractivity contribution in [1.29, 1.82) is 0 Å². The number of nitrogens with zero attached hydrogens (tertiary/aromatic N) is 1. The topological polar surface area (TPSA) is 84.9 Å². The molecule has 4 rings (SSSR count). The number of urea groups is 1. The van der Waals surface area contributed by atoms with Crippen molar-refractivity contribution >= 4 is 29.6 Å². The Bertz CT molecular complexity index is 1300. The second-order valence-electron chi connectivity index (χ2n) is 7.62. The first-order valence-electron chi connectivity index (χ1n) is 10.4. The highest BCUT2D eigenvalue weighted by atomic mass is 19.1. The summed E-state index contributed by atoms with van der Waals surface area (Å²) in [5, 5.41) is 2.11. The summed E-state index contributed by atoms with van der Waals surface area (Å²) in [7, 11) is 1.48. The first-order valence-corrected chi connectivity index (χ1v) is 10.4. The van der Waals surface area contributed by atoms with E-state index in [1.807, 2.05) is 31.2 Å². The van der Waals surface area contributed by atoms with E-state index in [9.17, 15) is 18.8 Å². The first-order chi connectivity index (χ1) is 16.4. The van der Waals surface area contributed by atoms with Crippen LogP contribution in [0.2, 0.25) is 0 Å². The monoisotopic (exact) mass is 460 g/mol. The molecule has 1 saturated heterocycles. The number of hydrogen-bond donors (Lipinski definition) is 1. The summed E-state index contributed by atoms with van der Waals surface area (Å²) in [6.45, 7) is 2.34. The number of amides is 4. The van der Waals surface area contributed by atoms with Gasteiger partial charge in [-0.05, 0) is 54.5 Å². The molecule has 0 saturated carbocycles. The van der Waals surface area contributed by atoms with Crippen LogP contribution in [0.25, 0.3) is 6.08 Å². The van der Waals surface area contributed by atoms with Crippen LogP contribution < -0.4 is 19.7 Å². The quantitative estimate of drug-likeness (QED) is 0.436. The van der Waals surface area contributed by atoms with Gasteiger partial charge in [0.15, 0.2) is 11.5 Å². The normalized spacial score (nSPS) is 14.9. The van der Waals surface area contributed by atoms with Crippen LogP contribution in [0.15, 0.2) is 72.3 Å². The summed E-state index contributed by atoms with van der Waals surface area (Å²) in [5.41, 5.74) is 2.35. The second kappa shape index (κ2) is 9.58. The number of rotatable bonds is 6. The lowest BCUT2D eigenvalue weighted by Crippen LogP contribution is -2.54. The third-order valence-electron chi connectivity index (χ3n) is 5.18. The predicted molar refractivity (Wildman–Crippen MR) is 124 cm³/mol. The highest BCUT2D eigenvalue weighted by molar-refractivity contribution is 6.39. The van der Waals surface area contributed by atoms with E-state index in [2.05, 4.69) is 5.32 Å². The van der Waals surface area contributed by atoms with Gasteiger partial charge in [-0.2, -0.15) is 0 Å². The lowest BCUT2D eigenvalue weighted by molar-refractivity contribution is -0.122.